The molecule has 0 radical (unpaired) electrons. The van der Waals surface area contributed by atoms with Crippen molar-refractivity contribution in [1.29, 1.82) is 0 Å². The molecule has 2 atom stereocenters. The minimum Gasteiger partial charge on any atom is -0.353 e. The summed E-state index contributed by atoms with van der Waals surface area (Å²) in [6.07, 6.45) is 0. The van der Waals surface area contributed by atoms with Crippen molar-refractivity contribution in [2.24, 2.45) is 0 Å². The molecule has 6 nitrogen and oxygen atoms in total. The normalized spacial score (nSPS) is 20.8. The van der Waals surface area contributed by atoms with Crippen molar-refractivity contribution < 1.29 is 9.59 Å². The molecule has 1 saturated heterocycles. The van der Waals surface area contributed by atoms with Crippen LogP contribution in [0.25, 0.3) is 0 Å². The van der Waals surface area contributed by atoms with Gasteiger partial charge in [-0.15, -0.1) is 11.3 Å². The highest BCUT2D eigenvalue weighted by Crippen LogP contribution is 2.24. The largest absolute Gasteiger partial charge is 0.353 e. The van der Waals surface area contributed by atoms with Crippen LogP contribution in [0.3, 0.4) is 0 Å². The van der Waals surface area contributed by atoms with E-state index in [0.29, 0.717) is 6.54 Å². The minimum absolute atomic E-state index is 0.0712. The smallest absolute Gasteiger partial charge is 0.239 e. The number of aryl methyl sites for hydroxylation is 2. The van der Waals surface area contributed by atoms with Gasteiger partial charge in [0.15, 0.2) is 0 Å². The summed E-state index contributed by atoms with van der Waals surface area (Å²) in [6, 6.07) is -0.437. The average molecular weight is 282 g/mol. The molecular weight excluding hydrogens is 264 g/mol. The molecule has 1 aliphatic heterocycles. The lowest BCUT2D eigenvalue weighted by molar-refractivity contribution is -0.127. The van der Waals surface area contributed by atoms with Crippen LogP contribution in [0.15, 0.2) is 0 Å². The second kappa shape index (κ2) is 5.66. The number of nitrogens with one attached hydrogen (secondary N) is 3. The third-order valence-corrected chi connectivity index (χ3v) is 4.28. The summed E-state index contributed by atoms with van der Waals surface area (Å²) < 4.78 is 0. The van der Waals surface area contributed by atoms with E-state index in [1.165, 1.54) is 0 Å². The standard InChI is InChI=1S/C12H18N4O2S/c1-6-11(19-8(3)15-6)7(2)16-12(18)9-4-14-10(17)5-13-9/h7,9,13H,4-5H2,1-3H3,(H,14,17)(H,16,18). The van der Waals surface area contributed by atoms with E-state index in [0.717, 1.165) is 15.6 Å². The van der Waals surface area contributed by atoms with E-state index < -0.39 is 0 Å². The SMILES string of the molecule is Cc1nc(C)c(C(C)NC(=O)C2CNC(=O)CN2)s1. The molecule has 3 N–H and O–H groups in total. The van der Waals surface area contributed by atoms with Crippen LogP contribution in [-0.4, -0.2) is 35.9 Å². The van der Waals surface area contributed by atoms with Gasteiger partial charge in [0.2, 0.25) is 11.8 Å². The van der Waals surface area contributed by atoms with Gasteiger partial charge < -0.3 is 10.6 Å². The second-order valence-electron chi connectivity index (χ2n) is 4.65. The van der Waals surface area contributed by atoms with E-state index >= 15 is 0 Å². The summed E-state index contributed by atoms with van der Waals surface area (Å²) in [5, 5.41) is 9.53. The lowest BCUT2D eigenvalue weighted by Gasteiger charge is -2.24. The second-order valence-corrected chi connectivity index (χ2v) is 5.89. The first-order valence-corrected chi connectivity index (χ1v) is 7.03. The molecule has 2 unspecified atom stereocenters. The van der Waals surface area contributed by atoms with Crippen molar-refractivity contribution in [1.82, 2.24) is 20.9 Å². The van der Waals surface area contributed by atoms with Crippen LogP contribution in [-0.2, 0) is 9.59 Å². The van der Waals surface area contributed by atoms with E-state index in [1.807, 2.05) is 20.8 Å². The highest BCUT2D eigenvalue weighted by atomic mass is 32.1. The molecular formula is C12H18N4O2S. The molecule has 104 valence electrons. The van der Waals surface area contributed by atoms with Gasteiger partial charge in [-0.05, 0) is 20.8 Å². The Balaban J connectivity index is 1.95. The Kier molecular flexibility index (Phi) is 4.16. The fraction of sp³-hybridized carbons (Fsp3) is 0.583. The number of nitrogens with zero attached hydrogens (tertiary/aromatic N) is 1. The molecule has 1 aliphatic rings. The number of hydrogen-bond donors (Lipinski definition) is 3. The Labute approximate surface area is 116 Å². The first kappa shape index (κ1) is 14.0. The Morgan fingerprint density at radius 3 is 2.79 bits per heavy atom. The van der Waals surface area contributed by atoms with Crippen molar-refractivity contribution in [3.8, 4) is 0 Å². The van der Waals surface area contributed by atoms with E-state index in [-0.39, 0.29) is 30.4 Å². The molecule has 0 bridgehead atoms. The maximum absolute atomic E-state index is 12.1. The summed E-state index contributed by atoms with van der Waals surface area (Å²) in [4.78, 5) is 28.5. The van der Waals surface area contributed by atoms with Crippen LogP contribution >= 0.6 is 11.3 Å². The van der Waals surface area contributed by atoms with Crippen molar-refractivity contribution >= 4 is 23.2 Å². The minimum atomic E-state index is -0.366. The van der Waals surface area contributed by atoms with Gasteiger partial charge in [0, 0.05) is 11.4 Å². The van der Waals surface area contributed by atoms with Gasteiger partial charge in [-0.25, -0.2) is 4.98 Å². The van der Waals surface area contributed by atoms with E-state index in [4.69, 9.17) is 0 Å². The molecule has 1 aromatic heterocycles. The monoisotopic (exact) mass is 282 g/mol. The van der Waals surface area contributed by atoms with Crippen molar-refractivity contribution in [3.63, 3.8) is 0 Å². The Hall–Kier alpha value is -1.47. The molecule has 0 aliphatic carbocycles. The van der Waals surface area contributed by atoms with Gasteiger partial charge in [0.1, 0.15) is 6.04 Å². The van der Waals surface area contributed by atoms with Gasteiger partial charge in [-0.3, -0.25) is 14.9 Å². The first-order valence-electron chi connectivity index (χ1n) is 6.21. The molecule has 2 heterocycles. The Morgan fingerprint density at radius 1 is 1.53 bits per heavy atom. The molecule has 2 amide bonds. The van der Waals surface area contributed by atoms with Gasteiger partial charge in [-0.1, -0.05) is 0 Å². The number of thiazole rings is 1. The van der Waals surface area contributed by atoms with Gasteiger partial charge in [0.05, 0.1) is 23.3 Å². The number of aromatic nitrogens is 1. The van der Waals surface area contributed by atoms with Crippen LogP contribution in [0.5, 0.6) is 0 Å². The molecule has 0 saturated carbocycles. The van der Waals surface area contributed by atoms with Crippen LogP contribution in [0, 0.1) is 13.8 Å². The predicted molar refractivity (Wildman–Crippen MR) is 72.9 cm³/mol. The van der Waals surface area contributed by atoms with Gasteiger partial charge >= 0.3 is 0 Å². The zero-order chi connectivity index (χ0) is 14.0. The number of hydrogen-bond acceptors (Lipinski definition) is 5. The van der Waals surface area contributed by atoms with Crippen LogP contribution in [0.1, 0.15) is 28.5 Å². The van der Waals surface area contributed by atoms with E-state index in [9.17, 15) is 9.59 Å². The Bertz CT molecular complexity index is 490. The molecule has 0 aromatic carbocycles. The quantitative estimate of drug-likeness (QED) is 0.730. The molecule has 2 rings (SSSR count). The molecule has 1 aromatic rings. The number of carbonyl (C=O) groups is 2. The fourth-order valence-corrected chi connectivity index (χ4v) is 3.01. The van der Waals surface area contributed by atoms with E-state index in [1.54, 1.807) is 11.3 Å². The van der Waals surface area contributed by atoms with Crippen molar-refractivity contribution in [2.75, 3.05) is 13.1 Å². The highest BCUT2D eigenvalue weighted by Gasteiger charge is 2.25. The summed E-state index contributed by atoms with van der Waals surface area (Å²) >= 11 is 1.60. The number of carbonyl (C=O) groups excluding carboxylic acids is 2. The van der Waals surface area contributed by atoms with Crippen molar-refractivity contribution in [3.05, 3.63) is 15.6 Å². The van der Waals surface area contributed by atoms with Crippen LogP contribution in [0.4, 0.5) is 0 Å². The van der Waals surface area contributed by atoms with Crippen molar-refractivity contribution in [2.45, 2.75) is 32.9 Å². The Morgan fingerprint density at radius 2 is 2.26 bits per heavy atom. The fourth-order valence-electron chi connectivity index (χ4n) is 2.08. The summed E-state index contributed by atoms with van der Waals surface area (Å²) in [6.45, 7) is 6.36. The number of piperazine rings is 1. The summed E-state index contributed by atoms with van der Waals surface area (Å²) in [5.74, 6) is -0.177. The molecule has 19 heavy (non-hydrogen) atoms. The number of amides is 2. The third kappa shape index (κ3) is 3.30. The zero-order valence-electron chi connectivity index (χ0n) is 11.2. The maximum atomic E-state index is 12.1. The summed E-state index contributed by atoms with van der Waals surface area (Å²) in [7, 11) is 0. The zero-order valence-corrected chi connectivity index (χ0v) is 12.1. The highest BCUT2D eigenvalue weighted by molar-refractivity contribution is 7.11. The summed E-state index contributed by atoms with van der Waals surface area (Å²) in [5.41, 5.74) is 0.959. The molecule has 0 spiro atoms. The average Bonchev–Trinajstić information content (AvgIpc) is 2.69. The van der Waals surface area contributed by atoms with Gasteiger partial charge in [-0.2, -0.15) is 0 Å². The predicted octanol–water partition coefficient (Wildman–Crippen LogP) is 0.0251. The lowest BCUT2D eigenvalue weighted by atomic mass is 10.2. The van der Waals surface area contributed by atoms with Gasteiger partial charge in [0.25, 0.3) is 0 Å². The van der Waals surface area contributed by atoms with Crippen LogP contribution < -0.4 is 16.0 Å². The van der Waals surface area contributed by atoms with Crippen LogP contribution in [0.2, 0.25) is 0 Å². The lowest BCUT2D eigenvalue weighted by Crippen LogP contribution is -2.58. The molecule has 7 heteroatoms. The van der Waals surface area contributed by atoms with E-state index in [2.05, 4.69) is 20.9 Å². The topological polar surface area (TPSA) is 83.1 Å². The first-order chi connectivity index (χ1) is 8.97. The molecule has 1 fully saturated rings. The maximum Gasteiger partial charge on any atom is 0.239 e. The number of rotatable bonds is 3. The third-order valence-electron chi connectivity index (χ3n) is 3.02.